The van der Waals surface area contributed by atoms with Gasteiger partial charge in [0.05, 0.1) is 5.69 Å². The van der Waals surface area contributed by atoms with Crippen molar-refractivity contribution in [1.29, 1.82) is 0 Å². The van der Waals surface area contributed by atoms with Gasteiger partial charge in [0.15, 0.2) is 0 Å². The number of benzene rings is 6. The maximum atomic E-state index is 4.62. The standard InChI is InChI=1S/C47H39N/c1-46(2,3)39-23-19-32(20-24-39)36-29-37(31-38(30-36)34-12-11-13-35(28-34)45-18-9-10-27-48-45)33-21-25-40(26-22-33)47(4)43-16-7-5-14-41(43)42-15-6-8-17-44(42)47/h5-31H,1-4H3. The van der Waals surface area contributed by atoms with E-state index in [4.69, 9.17) is 0 Å². The highest BCUT2D eigenvalue weighted by Crippen LogP contribution is 2.52. The van der Waals surface area contributed by atoms with Crippen LogP contribution in [-0.4, -0.2) is 4.98 Å². The lowest BCUT2D eigenvalue weighted by atomic mass is 9.74. The molecule has 0 fully saturated rings. The molecule has 0 saturated heterocycles. The maximum absolute atomic E-state index is 4.62. The average molecular weight is 618 g/mol. The molecule has 1 heterocycles. The third-order valence-electron chi connectivity index (χ3n) is 10.2. The summed E-state index contributed by atoms with van der Waals surface area (Å²) in [5, 5.41) is 0. The van der Waals surface area contributed by atoms with Crippen LogP contribution in [-0.2, 0) is 10.8 Å². The fourth-order valence-corrected chi connectivity index (χ4v) is 7.44. The summed E-state index contributed by atoms with van der Waals surface area (Å²) in [6.45, 7) is 9.17. The van der Waals surface area contributed by atoms with Crippen LogP contribution < -0.4 is 0 Å². The summed E-state index contributed by atoms with van der Waals surface area (Å²) in [5.74, 6) is 0. The number of fused-ring (bicyclic) bond motifs is 3. The van der Waals surface area contributed by atoms with Crippen molar-refractivity contribution in [2.75, 3.05) is 0 Å². The molecule has 1 nitrogen and oxygen atoms in total. The zero-order chi connectivity index (χ0) is 32.9. The third-order valence-corrected chi connectivity index (χ3v) is 10.2. The molecule has 0 radical (unpaired) electrons. The Kier molecular flexibility index (Phi) is 7.22. The Morgan fingerprint density at radius 2 is 0.938 bits per heavy atom. The van der Waals surface area contributed by atoms with Crippen molar-refractivity contribution in [3.05, 3.63) is 186 Å². The van der Waals surface area contributed by atoms with E-state index in [2.05, 4.69) is 178 Å². The summed E-state index contributed by atoms with van der Waals surface area (Å²) in [6, 6.07) is 57.9. The van der Waals surface area contributed by atoms with E-state index in [0.29, 0.717) is 0 Å². The van der Waals surface area contributed by atoms with Gasteiger partial charge in [-0.2, -0.15) is 0 Å². The number of pyridine rings is 1. The molecule has 8 rings (SSSR count). The van der Waals surface area contributed by atoms with Crippen LogP contribution in [0, 0.1) is 0 Å². The van der Waals surface area contributed by atoms with Crippen LogP contribution in [0.15, 0.2) is 164 Å². The summed E-state index contributed by atoms with van der Waals surface area (Å²) in [5.41, 5.74) is 17.3. The first-order valence-corrected chi connectivity index (χ1v) is 16.9. The van der Waals surface area contributed by atoms with Crippen LogP contribution >= 0.6 is 0 Å². The fourth-order valence-electron chi connectivity index (χ4n) is 7.44. The molecule has 0 bridgehead atoms. The van der Waals surface area contributed by atoms with Crippen LogP contribution in [0.4, 0.5) is 0 Å². The Bertz CT molecular complexity index is 2210. The molecule has 1 aliphatic carbocycles. The molecule has 48 heavy (non-hydrogen) atoms. The normalized spacial score (nSPS) is 13.2. The van der Waals surface area contributed by atoms with Crippen molar-refractivity contribution in [3.8, 4) is 55.8 Å². The Morgan fingerprint density at radius 1 is 0.438 bits per heavy atom. The summed E-state index contributed by atoms with van der Waals surface area (Å²) < 4.78 is 0. The molecule has 1 aromatic heterocycles. The molecule has 6 aromatic carbocycles. The summed E-state index contributed by atoms with van der Waals surface area (Å²) >= 11 is 0. The highest BCUT2D eigenvalue weighted by molar-refractivity contribution is 5.85. The minimum absolute atomic E-state index is 0.107. The van der Waals surface area contributed by atoms with Crippen molar-refractivity contribution >= 4 is 0 Å². The Balaban J connectivity index is 1.24. The number of hydrogen-bond acceptors (Lipinski definition) is 1. The molecule has 7 aromatic rings. The zero-order valence-corrected chi connectivity index (χ0v) is 28.0. The largest absolute Gasteiger partial charge is 0.256 e. The molecule has 0 amide bonds. The van der Waals surface area contributed by atoms with Crippen LogP contribution in [0.25, 0.3) is 55.8 Å². The molecule has 0 spiro atoms. The van der Waals surface area contributed by atoms with Gasteiger partial charge in [-0.3, -0.25) is 4.98 Å². The lowest BCUT2D eigenvalue weighted by Crippen LogP contribution is -2.22. The lowest BCUT2D eigenvalue weighted by Gasteiger charge is -2.28. The summed E-state index contributed by atoms with van der Waals surface area (Å²) in [7, 11) is 0. The van der Waals surface area contributed by atoms with Crippen LogP contribution in [0.3, 0.4) is 0 Å². The minimum atomic E-state index is -0.209. The van der Waals surface area contributed by atoms with Gasteiger partial charge in [-0.25, -0.2) is 0 Å². The van der Waals surface area contributed by atoms with E-state index in [1.54, 1.807) is 0 Å². The summed E-state index contributed by atoms with van der Waals surface area (Å²) in [6.07, 6.45) is 1.86. The molecular weight excluding hydrogens is 579 g/mol. The first-order valence-electron chi connectivity index (χ1n) is 16.9. The number of hydrogen-bond donors (Lipinski definition) is 0. The van der Waals surface area contributed by atoms with Crippen molar-refractivity contribution in [2.45, 2.75) is 38.5 Å². The second-order valence-electron chi connectivity index (χ2n) is 14.2. The van der Waals surface area contributed by atoms with Crippen LogP contribution in [0.2, 0.25) is 0 Å². The molecule has 232 valence electrons. The minimum Gasteiger partial charge on any atom is -0.256 e. The predicted molar refractivity (Wildman–Crippen MR) is 202 cm³/mol. The molecule has 1 aliphatic rings. The lowest BCUT2D eigenvalue weighted by molar-refractivity contribution is 0.590. The quantitative estimate of drug-likeness (QED) is 0.187. The second-order valence-corrected chi connectivity index (χ2v) is 14.2. The van der Waals surface area contributed by atoms with Crippen LogP contribution in [0.5, 0.6) is 0 Å². The molecule has 0 aliphatic heterocycles. The Labute approximate surface area is 284 Å². The van der Waals surface area contributed by atoms with Crippen LogP contribution in [0.1, 0.15) is 49.9 Å². The number of aromatic nitrogens is 1. The third kappa shape index (κ3) is 5.17. The van der Waals surface area contributed by atoms with Gasteiger partial charge < -0.3 is 0 Å². The van der Waals surface area contributed by atoms with E-state index in [1.165, 1.54) is 66.8 Å². The number of rotatable bonds is 5. The first kappa shape index (κ1) is 29.8. The van der Waals surface area contributed by atoms with Gasteiger partial charge in [0.2, 0.25) is 0 Å². The van der Waals surface area contributed by atoms with E-state index < -0.39 is 0 Å². The molecule has 0 N–H and O–H groups in total. The van der Waals surface area contributed by atoms with Crippen molar-refractivity contribution < 1.29 is 0 Å². The van der Waals surface area contributed by atoms with E-state index in [-0.39, 0.29) is 10.8 Å². The average Bonchev–Trinajstić information content (AvgIpc) is 3.40. The first-order chi connectivity index (χ1) is 23.3. The molecule has 0 saturated carbocycles. The predicted octanol–water partition coefficient (Wildman–Crippen LogP) is 12.4. The van der Waals surface area contributed by atoms with Gasteiger partial charge in [-0.1, -0.05) is 142 Å². The number of nitrogens with zero attached hydrogens (tertiary/aromatic N) is 1. The van der Waals surface area contributed by atoms with E-state index in [1.807, 2.05) is 18.3 Å². The topological polar surface area (TPSA) is 12.9 Å². The van der Waals surface area contributed by atoms with E-state index in [0.717, 1.165) is 11.3 Å². The smallest absolute Gasteiger partial charge is 0.0702 e. The molecule has 1 heteroatoms. The molecule has 0 unspecified atom stereocenters. The highest BCUT2D eigenvalue weighted by atomic mass is 14.7. The maximum Gasteiger partial charge on any atom is 0.0702 e. The SMILES string of the molecule is CC(C)(C)c1ccc(-c2cc(-c3ccc(C4(C)c5ccccc5-c5ccccc54)cc3)cc(-c3cccc(-c4ccccn4)c3)c2)cc1. The summed E-state index contributed by atoms with van der Waals surface area (Å²) in [4.78, 5) is 4.62. The van der Waals surface area contributed by atoms with Crippen molar-refractivity contribution in [3.63, 3.8) is 0 Å². The highest BCUT2D eigenvalue weighted by Gasteiger charge is 2.40. The Hall–Kier alpha value is -5.53. The van der Waals surface area contributed by atoms with Crippen molar-refractivity contribution in [1.82, 2.24) is 4.98 Å². The van der Waals surface area contributed by atoms with Gasteiger partial charge in [0, 0.05) is 17.2 Å². The fraction of sp³-hybridized carbons (Fsp3) is 0.128. The van der Waals surface area contributed by atoms with Gasteiger partial charge in [-0.05, 0) is 115 Å². The van der Waals surface area contributed by atoms with Gasteiger partial charge in [-0.15, -0.1) is 0 Å². The monoisotopic (exact) mass is 617 g/mol. The molecule has 0 atom stereocenters. The second kappa shape index (κ2) is 11.6. The Morgan fingerprint density at radius 3 is 1.50 bits per heavy atom. The van der Waals surface area contributed by atoms with E-state index in [9.17, 15) is 0 Å². The zero-order valence-electron chi connectivity index (χ0n) is 28.0. The van der Waals surface area contributed by atoms with Crippen molar-refractivity contribution in [2.24, 2.45) is 0 Å². The van der Waals surface area contributed by atoms with Gasteiger partial charge in [0.1, 0.15) is 0 Å². The van der Waals surface area contributed by atoms with Gasteiger partial charge >= 0.3 is 0 Å². The van der Waals surface area contributed by atoms with E-state index >= 15 is 0 Å². The van der Waals surface area contributed by atoms with Gasteiger partial charge in [0.25, 0.3) is 0 Å². The molecular formula is C47H39N.